The van der Waals surface area contributed by atoms with Crippen molar-refractivity contribution in [2.45, 2.75) is 6.92 Å². The maximum atomic E-state index is 12.7. The minimum atomic E-state index is -0.981. The van der Waals surface area contributed by atoms with E-state index in [1.54, 1.807) is 17.0 Å². The number of carbonyl (C=O) groups is 2. The van der Waals surface area contributed by atoms with Gasteiger partial charge >= 0.3 is 5.97 Å². The third-order valence-electron chi connectivity index (χ3n) is 4.25. The summed E-state index contributed by atoms with van der Waals surface area (Å²) in [5.74, 6) is -1.06. The number of carbonyl (C=O) groups excluding carboxylic acids is 1. The quantitative estimate of drug-likeness (QED) is 0.773. The van der Waals surface area contributed by atoms with Gasteiger partial charge in [-0.2, -0.15) is 0 Å². The largest absolute Gasteiger partial charge is 0.478 e. The van der Waals surface area contributed by atoms with E-state index >= 15 is 0 Å². The molecule has 7 heteroatoms. The van der Waals surface area contributed by atoms with Crippen molar-refractivity contribution >= 4 is 46.3 Å². The average molecular weight is 395 g/mol. The van der Waals surface area contributed by atoms with Crippen molar-refractivity contribution in [3.8, 4) is 0 Å². The van der Waals surface area contributed by atoms with Crippen LogP contribution in [-0.4, -0.2) is 47.7 Å². The van der Waals surface area contributed by atoms with Crippen molar-refractivity contribution < 1.29 is 14.7 Å². The second-order valence-corrected chi connectivity index (χ2v) is 7.40. The number of anilines is 1. The van der Waals surface area contributed by atoms with E-state index in [0.717, 1.165) is 11.3 Å². The summed E-state index contributed by atoms with van der Waals surface area (Å²) >= 11 is 1.32. The molecule has 0 atom stereocenters. The molecule has 0 spiro atoms. The molecule has 0 saturated carbocycles. The molecular weight excluding hydrogens is 374 g/mol. The number of aliphatic imine (C=N–C) groups is 1. The minimum Gasteiger partial charge on any atom is -0.478 e. The molecule has 2 aromatic rings. The van der Waals surface area contributed by atoms with Crippen LogP contribution in [0, 0.1) is 0 Å². The van der Waals surface area contributed by atoms with Crippen LogP contribution in [0.5, 0.6) is 0 Å². The Bertz CT molecular complexity index is 948. The number of nitrogens with zero attached hydrogens (tertiary/aromatic N) is 3. The van der Waals surface area contributed by atoms with Crippen molar-refractivity contribution in [1.82, 2.24) is 4.90 Å². The molecule has 0 unspecified atom stereocenters. The summed E-state index contributed by atoms with van der Waals surface area (Å²) in [6.45, 7) is 2.41. The van der Waals surface area contributed by atoms with Crippen LogP contribution in [0.15, 0.2) is 58.4 Å². The van der Waals surface area contributed by atoms with E-state index in [0.29, 0.717) is 22.3 Å². The first-order valence-corrected chi connectivity index (χ1v) is 9.61. The first-order valence-electron chi connectivity index (χ1n) is 8.80. The van der Waals surface area contributed by atoms with Gasteiger partial charge in [0.05, 0.1) is 16.2 Å². The fraction of sp³-hybridized carbons (Fsp3) is 0.190. The van der Waals surface area contributed by atoms with Gasteiger partial charge in [0.2, 0.25) is 0 Å². The van der Waals surface area contributed by atoms with Gasteiger partial charge in [-0.3, -0.25) is 9.69 Å². The Kier molecular flexibility index (Phi) is 5.84. The highest BCUT2D eigenvalue weighted by atomic mass is 32.2. The monoisotopic (exact) mass is 395 g/mol. The smallest absolute Gasteiger partial charge is 0.335 e. The van der Waals surface area contributed by atoms with Crippen LogP contribution < -0.4 is 4.90 Å². The molecular formula is C21H21N3O3S. The SMILES string of the molecule is CCN1C(=O)C(=Cc2ccc(N(C)C)cc2)SC1=Nc1ccc(C(=O)O)cc1. The number of likely N-dealkylation sites (N-methyl/N-ethyl adjacent to an activating group) is 1. The molecule has 1 fully saturated rings. The van der Waals surface area contributed by atoms with E-state index < -0.39 is 5.97 Å². The number of hydrogen-bond acceptors (Lipinski definition) is 5. The summed E-state index contributed by atoms with van der Waals surface area (Å²) in [5.41, 5.74) is 2.85. The van der Waals surface area contributed by atoms with Gasteiger partial charge in [-0.25, -0.2) is 9.79 Å². The number of thioether (sulfide) groups is 1. The third-order valence-corrected chi connectivity index (χ3v) is 5.26. The number of carboxylic acids is 1. The first-order chi connectivity index (χ1) is 13.4. The Hall–Kier alpha value is -3.06. The lowest BCUT2D eigenvalue weighted by molar-refractivity contribution is -0.122. The van der Waals surface area contributed by atoms with Gasteiger partial charge < -0.3 is 10.0 Å². The molecule has 1 amide bonds. The van der Waals surface area contributed by atoms with E-state index in [1.807, 2.05) is 56.3 Å². The van der Waals surface area contributed by atoms with Crippen LogP contribution in [0.2, 0.25) is 0 Å². The lowest BCUT2D eigenvalue weighted by atomic mass is 10.2. The summed E-state index contributed by atoms with van der Waals surface area (Å²) in [6.07, 6.45) is 1.87. The molecule has 1 heterocycles. The predicted molar refractivity (Wildman–Crippen MR) is 114 cm³/mol. The maximum Gasteiger partial charge on any atom is 0.335 e. The van der Waals surface area contributed by atoms with Gasteiger partial charge in [0.15, 0.2) is 5.17 Å². The molecule has 1 aliphatic heterocycles. The molecule has 144 valence electrons. The third kappa shape index (κ3) is 4.26. The van der Waals surface area contributed by atoms with Crippen molar-refractivity contribution in [3.05, 3.63) is 64.6 Å². The molecule has 0 aliphatic carbocycles. The minimum absolute atomic E-state index is 0.0786. The molecule has 0 radical (unpaired) electrons. The van der Waals surface area contributed by atoms with Crippen molar-refractivity contribution in [2.24, 2.45) is 4.99 Å². The zero-order chi connectivity index (χ0) is 20.3. The number of aromatic carboxylic acids is 1. The summed E-state index contributed by atoms with van der Waals surface area (Å²) in [5, 5.41) is 9.58. The predicted octanol–water partition coefficient (Wildman–Crippen LogP) is 4.07. The molecule has 1 saturated heterocycles. The number of amides is 1. The van der Waals surface area contributed by atoms with Gasteiger partial charge in [0.25, 0.3) is 5.91 Å². The van der Waals surface area contributed by atoms with Gasteiger partial charge in [-0.05, 0) is 66.7 Å². The molecule has 1 N–H and O–H groups in total. The van der Waals surface area contributed by atoms with Gasteiger partial charge in [0.1, 0.15) is 0 Å². The summed E-state index contributed by atoms with van der Waals surface area (Å²) < 4.78 is 0. The molecule has 0 bridgehead atoms. The normalized spacial score (nSPS) is 16.8. The van der Waals surface area contributed by atoms with E-state index in [2.05, 4.69) is 4.99 Å². The number of rotatable bonds is 5. The number of amidine groups is 1. The number of hydrogen-bond donors (Lipinski definition) is 1. The van der Waals surface area contributed by atoms with Crippen molar-refractivity contribution in [3.63, 3.8) is 0 Å². The van der Waals surface area contributed by atoms with Gasteiger partial charge in [-0.15, -0.1) is 0 Å². The average Bonchev–Trinajstić information content (AvgIpc) is 2.96. The van der Waals surface area contributed by atoms with Gasteiger partial charge in [0, 0.05) is 26.3 Å². The van der Waals surface area contributed by atoms with Crippen LogP contribution in [0.3, 0.4) is 0 Å². The molecule has 6 nitrogen and oxygen atoms in total. The topological polar surface area (TPSA) is 73.2 Å². The Labute approximate surface area is 168 Å². The first kappa shape index (κ1) is 19.7. The molecule has 3 rings (SSSR count). The van der Waals surface area contributed by atoms with E-state index in [4.69, 9.17) is 5.11 Å². The fourth-order valence-electron chi connectivity index (χ4n) is 2.68. The van der Waals surface area contributed by atoms with Gasteiger partial charge in [-0.1, -0.05) is 12.1 Å². The summed E-state index contributed by atoms with van der Waals surface area (Å²) in [7, 11) is 3.96. The van der Waals surface area contributed by atoms with Crippen LogP contribution in [-0.2, 0) is 4.79 Å². The lowest BCUT2D eigenvalue weighted by Crippen LogP contribution is -2.28. The Morgan fingerprint density at radius 1 is 1.14 bits per heavy atom. The Morgan fingerprint density at radius 3 is 2.32 bits per heavy atom. The Balaban J connectivity index is 1.86. The van der Waals surface area contributed by atoms with Crippen LogP contribution in [0.1, 0.15) is 22.8 Å². The molecule has 2 aromatic carbocycles. The molecule has 28 heavy (non-hydrogen) atoms. The zero-order valence-corrected chi connectivity index (χ0v) is 16.7. The van der Waals surface area contributed by atoms with Crippen molar-refractivity contribution in [1.29, 1.82) is 0 Å². The zero-order valence-electron chi connectivity index (χ0n) is 15.9. The second-order valence-electron chi connectivity index (χ2n) is 6.39. The summed E-state index contributed by atoms with van der Waals surface area (Å²) in [4.78, 5) is 32.5. The standard InChI is InChI=1S/C21H21N3O3S/c1-4-24-19(25)18(13-14-5-11-17(12-6-14)23(2)3)28-21(24)22-16-9-7-15(8-10-16)20(26)27/h5-13H,4H2,1-3H3,(H,26,27). The number of benzene rings is 2. The summed E-state index contributed by atoms with van der Waals surface area (Å²) in [6, 6.07) is 14.2. The highest BCUT2D eigenvalue weighted by molar-refractivity contribution is 8.18. The van der Waals surface area contributed by atoms with E-state index in [1.165, 1.54) is 23.9 Å². The van der Waals surface area contributed by atoms with E-state index in [-0.39, 0.29) is 11.5 Å². The van der Waals surface area contributed by atoms with Crippen molar-refractivity contribution in [2.75, 3.05) is 25.5 Å². The molecule has 1 aliphatic rings. The lowest BCUT2D eigenvalue weighted by Gasteiger charge is -2.12. The second kappa shape index (κ2) is 8.31. The fourth-order valence-corrected chi connectivity index (χ4v) is 3.74. The number of carboxylic acid groups (broad SMARTS) is 1. The maximum absolute atomic E-state index is 12.7. The highest BCUT2D eigenvalue weighted by Crippen LogP contribution is 2.34. The van der Waals surface area contributed by atoms with Crippen LogP contribution in [0.4, 0.5) is 11.4 Å². The van der Waals surface area contributed by atoms with E-state index in [9.17, 15) is 9.59 Å². The van der Waals surface area contributed by atoms with Crippen LogP contribution in [0.25, 0.3) is 6.08 Å². The molecule has 0 aromatic heterocycles. The van der Waals surface area contributed by atoms with Crippen LogP contribution >= 0.6 is 11.8 Å². The Morgan fingerprint density at radius 2 is 1.79 bits per heavy atom. The highest BCUT2D eigenvalue weighted by Gasteiger charge is 2.32.